The molecule has 1 amide bonds. The molecule has 7 heteroatoms. The van der Waals surface area contributed by atoms with Gasteiger partial charge in [-0.05, 0) is 36.4 Å². The van der Waals surface area contributed by atoms with Crippen molar-refractivity contribution in [2.24, 2.45) is 0 Å². The molecule has 7 nitrogen and oxygen atoms in total. The number of ether oxygens (including phenoxy) is 3. The van der Waals surface area contributed by atoms with Gasteiger partial charge in [0, 0.05) is 18.9 Å². The van der Waals surface area contributed by atoms with E-state index in [1.807, 2.05) is 66.7 Å². The van der Waals surface area contributed by atoms with Crippen molar-refractivity contribution in [1.82, 2.24) is 9.55 Å². The van der Waals surface area contributed by atoms with Crippen molar-refractivity contribution in [2.45, 2.75) is 18.9 Å². The number of hydrogen-bond acceptors (Lipinski definition) is 5. The Morgan fingerprint density at radius 3 is 2.35 bits per heavy atom. The number of para-hydroxylation sites is 6. The maximum atomic E-state index is 13.0. The van der Waals surface area contributed by atoms with Crippen molar-refractivity contribution in [2.75, 3.05) is 32.3 Å². The summed E-state index contributed by atoms with van der Waals surface area (Å²) in [4.78, 5) is 19.8. The first-order chi connectivity index (χ1) is 16.7. The SMILES string of the molecule is COc1ccccc1OCCn1c([C@H]2CC(=O)N(c3ccccc3OC)C2)nc2ccccc21. The Morgan fingerprint density at radius 2 is 1.56 bits per heavy atom. The first-order valence-corrected chi connectivity index (χ1v) is 11.3. The molecular formula is C27H27N3O4. The molecule has 0 spiro atoms. The molecule has 2 heterocycles. The molecule has 0 N–H and O–H groups in total. The zero-order valence-electron chi connectivity index (χ0n) is 19.3. The molecule has 0 aliphatic carbocycles. The van der Waals surface area contributed by atoms with Crippen molar-refractivity contribution in [3.05, 3.63) is 78.6 Å². The topological polar surface area (TPSA) is 65.8 Å². The van der Waals surface area contributed by atoms with E-state index in [1.165, 1.54) is 0 Å². The molecule has 1 aliphatic rings. The highest BCUT2D eigenvalue weighted by Crippen LogP contribution is 2.37. The highest BCUT2D eigenvalue weighted by atomic mass is 16.5. The summed E-state index contributed by atoms with van der Waals surface area (Å²) in [5.41, 5.74) is 2.74. The second-order valence-electron chi connectivity index (χ2n) is 8.19. The Kier molecular flexibility index (Phi) is 6.08. The molecule has 0 radical (unpaired) electrons. The summed E-state index contributed by atoms with van der Waals surface area (Å²) in [6.07, 6.45) is 0.398. The Bertz CT molecular complexity index is 1320. The predicted octanol–water partition coefficient (Wildman–Crippen LogP) is 4.65. The number of carbonyl (C=O) groups excluding carboxylic acids is 1. The molecule has 1 aliphatic heterocycles. The fraction of sp³-hybridized carbons (Fsp3) is 0.259. The van der Waals surface area contributed by atoms with E-state index in [0.717, 1.165) is 22.5 Å². The van der Waals surface area contributed by atoms with E-state index in [0.29, 0.717) is 43.4 Å². The van der Waals surface area contributed by atoms with Gasteiger partial charge in [-0.3, -0.25) is 4.79 Å². The van der Waals surface area contributed by atoms with Gasteiger partial charge >= 0.3 is 0 Å². The van der Waals surface area contributed by atoms with Crippen LogP contribution in [0.4, 0.5) is 5.69 Å². The lowest BCUT2D eigenvalue weighted by Gasteiger charge is -2.20. The minimum atomic E-state index is -0.0314. The molecule has 1 atom stereocenters. The highest BCUT2D eigenvalue weighted by Gasteiger charge is 2.35. The minimum absolute atomic E-state index is 0.0314. The second-order valence-corrected chi connectivity index (χ2v) is 8.19. The monoisotopic (exact) mass is 457 g/mol. The maximum absolute atomic E-state index is 13.0. The summed E-state index contributed by atoms with van der Waals surface area (Å²) in [6, 6.07) is 23.3. The maximum Gasteiger partial charge on any atom is 0.227 e. The fourth-order valence-corrected chi connectivity index (χ4v) is 4.59. The van der Waals surface area contributed by atoms with Crippen LogP contribution in [0.15, 0.2) is 72.8 Å². The molecule has 1 saturated heterocycles. The number of benzene rings is 3. The lowest BCUT2D eigenvalue weighted by atomic mass is 10.1. The van der Waals surface area contributed by atoms with E-state index in [9.17, 15) is 4.79 Å². The van der Waals surface area contributed by atoms with Gasteiger partial charge in [0.05, 0.1) is 37.5 Å². The normalized spacial score (nSPS) is 15.6. The number of rotatable bonds is 8. The number of anilines is 1. The predicted molar refractivity (Wildman–Crippen MR) is 131 cm³/mol. The number of amides is 1. The van der Waals surface area contributed by atoms with Crippen LogP contribution >= 0.6 is 0 Å². The van der Waals surface area contributed by atoms with E-state index in [-0.39, 0.29) is 11.8 Å². The van der Waals surface area contributed by atoms with Crippen molar-refractivity contribution >= 4 is 22.6 Å². The van der Waals surface area contributed by atoms with Gasteiger partial charge in [-0.15, -0.1) is 0 Å². The average molecular weight is 458 g/mol. The van der Waals surface area contributed by atoms with Crippen molar-refractivity contribution in [3.63, 3.8) is 0 Å². The van der Waals surface area contributed by atoms with Crippen LogP contribution in [0.25, 0.3) is 11.0 Å². The molecular weight excluding hydrogens is 430 g/mol. The first kappa shape index (κ1) is 21.8. The molecule has 3 aromatic carbocycles. The summed E-state index contributed by atoms with van der Waals surface area (Å²) >= 11 is 0. The highest BCUT2D eigenvalue weighted by molar-refractivity contribution is 5.97. The van der Waals surface area contributed by atoms with E-state index in [2.05, 4.69) is 10.6 Å². The Hall–Kier alpha value is -4.00. The van der Waals surface area contributed by atoms with Crippen LogP contribution in [-0.4, -0.2) is 42.8 Å². The van der Waals surface area contributed by atoms with Crippen LogP contribution in [0, 0.1) is 0 Å². The average Bonchev–Trinajstić information content (AvgIpc) is 3.44. The Balaban J connectivity index is 1.41. The lowest BCUT2D eigenvalue weighted by Crippen LogP contribution is -2.25. The van der Waals surface area contributed by atoms with E-state index in [4.69, 9.17) is 19.2 Å². The summed E-state index contributed by atoms with van der Waals surface area (Å²) < 4.78 is 19.1. The summed E-state index contributed by atoms with van der Waals surface area (Å²) in [5, 5.41) is 0. The molecule has 0 unspecified atom stereocenters. The van der Waals surface area contributed by atoms with Gasteiger partial charge < -0.3 is 23.7 Å². The quantitative estimate of drug-likeness (QED) is 0.385. The second kappa shape index (κ2) is 9.47. The Labute approximate surface area is 198 Å². The number of imidazole rings is 1. The van der Waals surface area contributed by atoms with Crippen LogP contribution < -0.4 is 19.1 Å². The van der Waals surface area contributed by atoms with Crippen LogP contribution in [0.5, 0.6) is 17.2 Å². The standard InChI is InChI=1S/C27H27N3O4/c1-32-23-12-6-5-11-22(23)30-18-19(17-26(30)31)27-28-20-9-3-4-10-21(20)29(27)15-16-34-25-14-8-7-13-24(25)33-2/h3-14,19H,15-18H2,1-2H3/t19-/m0/s1. The van der Waals surface area contributed by atoms with Gasteiger partial charge in [0.25, 0.3) is 0 Å². The van der Waals surface area contributed by atoms with Crippen LogP contribution in [-0.2, 0) is 11.3 Å². The number of hydrogen-bond donors (Lipinski definition) is 0. The van der Waals surface area contributed by atoms with Gasteiger partial charge in [-0.2, -0.15) is 0 Å². The van der Waals surface area contributed by atoms with Gasteiger partial charge in [-0.25, -0.2) is 4.98 Å². The van der Waals surface area contributed by atoms with Crippen LogP contribution in [0.2, 0.25) is 0 Å². The zero-order valence-corrected chi connectivity index (χ0v) is 19.3. The third-order valence-electron chi connectivity index (χ3n) is 6.19. The van der Waals surface area contributed by atoms with Crippen LogP contribution in [0.3, 0.4) is 0 Å². The molecule has 174 valence electrons. The molecule has 0 saturated carbocycles. The third kappa shape index (κ3) is 4.05. The van der Waals surface area contributed by atoms with E-state index < -0.39 is 0 Å². The van der Waals surface area contributed by atoms with Crippen LogP contribution in [0.1, 0.15) is 18.2 Å². The number of methoxy groups -OCH3 is 2. The minimum Gasteiger partial charge on any atom is -0.495 e. The molecule has 1 fully saturated rings. The third-order valence-corrected chi connectivity index (χ3v) is 6.19. The largest absolute Gasteiger partial charge is 0.495 e. The summed E-state index contributed by atoms with van der Waals surface area (Å²) in [6.45, 7) is 1.60. The lowest BCUT2D eigenvalue weighted by molar-refractivity contribution is -0.117. The van der Waals surface area contributed by atoms with E-state index in [1.54, 1.807) is 19.1 Å². The van der Waals surface area contributed by atoms with Crippen molar-refractivity contribution in [1.29, 1.82) is 0 Å². The number of fused-ring (bicyclic) bond motifs is 1. The van der Waals surface area contributed by atoms with Crippen molar-refractivity contribution < 1.29 is 19.0 Å². The number of nitrogens with zero attached hydrogens (tertiary/aromatic N) is 3. The van der Waals surface area contributed by atoms with Gasteiger partial charge in [0.2, 0.25) is 5.91 Å². The van der Waals surface area contributed by atoms with Gasteiger partial charge in [0.15, 0.2) is 11.5 Å². The summed E-state index contributed by atoms with van der Waals surface area (Å²) in [7, 11) is 3.26. The Morgan fingerprint density at radius 1 is 0.882 bits per heavy atom. The van der Waals surface area contributed by atoms with E-state index >= 15 is 0 Å². The van der Waals surface area contributed by atoms with Crippen molar-refractivity contribution in [3.8, 4) is 17.2 Å². The first-order valence-electron chi connectivity index (χ1n) is 11.3. The van der Waals surface area contributed by atoms with Gasteiger partial charge in [-0.1, -0.05) is 36.4 Å². The smallest absolute Gasteiger partial charge is 0.227 e. The summed E-state index contributed by atoms with van der Waals surface area (Å²) in [5.74, 6) is 3.03. The number of carbonyl (C=O) groups is 1. The molecule has 5 rings (SSSR count). The molecule has 4 aromatic rings. The molecule has 0 bridgehead atoms. The molecule has 34 heavy (non-hydrogen) atoms. The van der Waals surface area contributed by atoms with Gasteiger partial charge in [0.1, 0.15) is 18.2 Å². The molecule has 1 aromatic heterocycles. The number of aromatic nitrogens is 2. The zero-order chi connectivity index (χ0) is 23.5. The fourth-order valence-electron chi connectivity index (χ4n) is 4.59.